The summed E-state index contributed by atoms with van der Waals surface area (Å²) in [7, 11) is 3.61. The van der Waals surface area contributed by atoms with E-state index < -0.39 is 0 Å². The van der Waals surface area contributed by atoms with E-state index in [1.54, 1.807) is 19.0 Å². The highest BCUT2D eigenvalue weighted by Gasteiger charge is 2.30. The Kier molecular flexibility index (Phi) is 3.69. The quantitative estimate of drug-likeness (QED) is 0.645. The summed E-state index contributed by atoms with van der Waals surface area (Å²) in [6, 6.07) is 0.0820. The number of nitrogens with two attached hydrogens (primary N) is 1. The van der Waals surface area contributed by atoms with Crippen LogP contribution in [0.1, 0.15) is 12.8 Å². The van der Waals surface area contributed by atoms with E-state index in [2.05, 4.69) is 4.90 Å². The number of likely N-dealkylation sites (N-methyl/N-ethyl adjacent to an activating group) is 1. The van der Waals surface area contributed by atoms with E-state index in [4.69, 9.17) is 5.73 Å². The van der Waals surface area contributed by atoms with Gasteiger partial charge in [-0.05, 0) is 19.4 Å². The van der Waals surface area contributed by atoms with Gasteiger partial charge in [0.05, 0.1) is 6.04 Å². The standard InChI is InChI=1S/C9H19N3O/c1-11(2)9(13)8-4-3-6-12(8)7-5-10/h8H,3-7,10H2,1-2H3. The lowest BCUT2D eigenvalue weighted by molar-refractivity contribution is -0.133. The minimum absolute atomic E-state index is 0.0820. The summed E-state index contributed by atoms with van der Waals surface area (Å²) in [5.41, 5.74) is 5.48. The van der Waals surface area contributed by atoms with Gasteiger partial charge in [-0.2, -0.15) is 0 Å². The molecule has 1 aliphatic rings. The van der Waals surface area contributed by atoms with E-state index in [1.165, 1.54) is 0 Å². The molecule has 1 rings (SSSR count). The van der Waals surface area contributed by atoms with Crippen LogP contribution in [0.2, 0.25) is 0 Å². The summed E-state index contributed by atoms with van der Waals surface area (Å²) < 4.78 is 0. The van der Waals surface area contributed by atoms with Gasteiger partial charge in [-0.1, -0.05) is 0 Å². The molecule has 0 aromatic carbocycles. The molecule has 0 radical (unpaired) electrons. The van der Waals surface area contributed by atoms with Gasteiger partial charge in [-0.25, -0.2) is 0 Å². The Hall–Kier alpha value is -0.610. The maximum Gasteiger partial charge on any atom is 0.239 e. The molecule has 1 fully saturated rings. The average Bonchev–Trinajstić information content (AvgIpc) is 2.52. The fourth-order valence-electron chi connectivity index (χ4n) is 1.84. The van der Waals surface area contributed by atoms with Crippen LogP contribution >= 0.6 is 0 Å². The molecule has 4 heteroatoms. The Morgan fingerprint density at radius 1 is 1.62 bits per heavy atom. The van der Waals surface area contributed by atoms with E-state index in [0.717, 1.165) is 25.9 Å². The third-order valence-corrected chi connectivity index (χ3v) is 2.51. The molecule has 76 valence electrons. The number of carbonyl (C=O) groups excluding carboxylic acids is 1. The molecule has 1 unspecified atom stereocenters. The highest BCUT2D eigenvalue weighted by molar-refractivity contribution is 5.81. The van der Waals surface area contributed by atoms with E-state index >= 15 is 0 Å². The van der Waals surface area contributed by atoms with Crippen LogP contribution < -0.4 is 5.73 Å². The first-order valence-electron chi connectivity index (χ1n) is 4.82. The maximum absolute atomic E-state index is 11.7. The van der Waals surface area contributed by atoms with Crippen molar-refractivity contribution in [1.82, 2.24) is 9.80 Å². The zero-order valence-electron chi connectivity index (χ0n) is 8.49. The van der Waals surface area contributed by atoms with Gasteiger partial charge in [0.25, 0.3) is 0 Å². The topological polar surface area (TPSA) is 49.6 Å². The van der Waals surface area contributed by atoms with E-state index in [1.807, 2.05) is 0 Å². The molecule has 0 aromatic heterocycles. The smallest absolute Gasteiger partial charge is 0.239 e. The second kappa shape index (κ2) is 4.58. The average molecular weight is 185 g/mol. The van der Waals surface area contributed by atoms with Crippen LogP contribution in [0.15, 0.2) is 0 Å². The molecule has 0 bridgehead atoms. The number of nitrogens with zero attached hydrogens (tertiary/aromatic N) is 2. The van der Waals surface area contributed by atoms with Gasteiger partial charge in [-0.3, -0.25) is 9.69 Å². The van der Waals surface area contributed by atoms with Gasteiger partial charge in [0.1, 0.15) is 0 Å². The summed E-state index contributed by atoms with van der Waals surface area (Å²) >= 11 is 0. The molecule has 1 heterocycles. The monoisotopic (exact) mass is 185 g/mol. The van der Waals surface area contributed by atoms with Crippen LogP contribution in [0.4, 0.5) is 0 Å². The van der Waals surface area contributed by atoms with E-state index in [-0.39, 0.29) is 11.9 Å². The molecule has 1 saturated heterocycles. The molecular weight excluding hydrogens is 166 g/mol. The third-order valence-electron chi connectivity index (χ3n) is 2.51. The zero-order valence-corrected chi connectivity index (χ0v) is 8.49. The maximum atomic E-state index is 11.7. The predicted molar refractivity (Wildman–Crippen MR) is 52.3 cm³/mol. The van der Waals surface area contributed by atoms with Gasteiger partial charge < -0.3 is 10.6 Å². The molecule has 4 nitrogen and oxygen atoms in total. The fraction of sp³-hybridized carbons (Fsp3) is 0.889. The minimum atomic E-state index is 0.0820. The van der Waals surface area contributed by atoms with Crippen molar-refractivity contribution in [2.24, 2.45) is 5.73 Å². The molecule has 1 aliphatic heterocycles. The molecule has 13 heavy (non-hydrogen) atoms. The number of hydrogen-bond acceptors (Lipinski definition) is 3. The Balaban J connectivity index is 2.52. The molecule has 0 aliphatic carbocycles. The van der Waals surface area contributed by atoms with Gasteiger partial charge in [0.15, 0.2) is 0 Å². The second-order valence-corrected chi connectivity index (χ2v) is 3.72. The lowest BCUT2D eigenvalue weighted by Gasteiger charge is -2.25. The highest BCUT2D eigenvalue weighted by atomic mass is 16.2. The number of likely N-dealkylation sites (tertiary alicyclic amines) is 1. The van der Waals surface area contributed by atoms with Crippen molar-refractivity contribution in [3.63, 3.8) is 0 Å². The second-order valence-electron chi connectivity index (χ2n) is 3.72. The van der Waals surface area contributed by atoms with Gasteiger partial charge in [0.2, 0.25) is 5.91 Å². The first kappa shape index (κ1) is 10.5. The summed E-state index contributed by atoms with van der Waals surface area (Å²) in [5.74, 6) is 0.214. The Labute approximate surface area is 79.7 Å². The predicted octanol–water partition coefficient (Wildman–Crippen LogP) is -0.502. The van der Waals surface area contributed by atoms with Gasteiger partial charge >= 0.3 is 0 Å². The van der Waals surface area contributed by atoms with Crippen LogP contribution in [0.5, 0.6) is 0 Å². The summed E-state index contributed by atoms with van der Waals surface area (Å²) in [6.45, 7) is 2.49. The van der Waals surface area contributed by atoms with Crippen molar-refractivity contribution in [1.29, 1.82) is 0 Å². The van der Waals surface area contributed by atoms with Crippen LogP contribution in [-0.2, 0) is 4.79 Å². The Morgan fingerprint density at radius 3 is 2.85 bits per heavy atom. The van der Waals surface area contributed by atoms with Gasteiger partial charge in [-0.15, -0.1) is 0 Å². The lowest BCUT2D eigenvalue weighted by atomic mass is 10.2. The third kappa shape index (κ3) is 2.42. The van der Waals surface area contributed by atoms with E-state index in [9.17, 15) is 4.79 Å². The number of amides is 1. The van der Waals surface area contributed by atoms with Crippen molar-refractivity contribution in [3.05, 3.63) is 0 Å². The summed E-state index contributed by atoms with van der Waals surface area (Å²) in [6.07, 6.45) is 2.10. The Morgan fingerprint density at radius 2 is 2.31 bits per heavy atom. The largest absolute Gasteiger partial charge is 0.347 e. The van der Waals surface area contributed by atoms with Crippen molar-refractivity contribution in [3.8, 4) is 0 Å². The van der Waals surface area contributed by atoms with Gasteiger partial charge in [0, 0.05) is 27.2 Å². The van der Waals surface area contributed by atoms with Crippen molar-refractivity contribution < 1.29 is 4.79 Å². The fourth-order valence-corrected chi connectivity index (χ4v) is 1.84. The molecular formula is C9H19N3O. The molecule has 1 amide bonds. The highest BCUT2D eigenvalue weighted by Crippen LogP contribution is 2.17. The SMILES string of the molecule is CN(C)C(=O)C1CCCN1CCN. The molecule has 0 spiro atoms. The normalized spacial score (nSPS) is 23.5. The van der Waals surface area contributed by atoms with Crippen LogP contribution in [0.25, 0.3) is 0 Å². The molecule has 2 N–H and O–H groups in total. The first-order chi connectivity index (χ1) is 6.16. The molecule has 1 atom stereocenters. The number of carbonyl (C=O) groups is 1. The molecule has 0 saturated carbocycles. The minimum Gasteiger partial charge on any atom is -0.347 e. The lowest BCUT2D eigenvalue weighted by Crippen LogP contribution is -2.44. The van der Waals surface area contributed by atoms with Crippen LogP contribution in [0, 0.1) is 0 Å². The summed E-state index contributed by atoms with van der Waals surface area (Å²) in [5, 5.41) is 0. The van der Waals surface area contributed by atoms with Crippen molar-refractivity contribution >= 4 is 5.91 Å². The van der Waals surface area contributed by atoms with Crippen LogP contribution in [-0.4, -0.2) is 55.5 Å². The first-order valence-corrected chi connectivity index (χ1v) is 4.82. The number of hydrogen-bond donors (Lipinski definition) is 1. The van der Waals surface area contributed by atoms with Crippen molar-refractivity contribution in [2.75, 3.05) is 33.7 Å². The van der Waals surface area contributed by atoms with E-state index in [0.29, 0.717) is 6.54 Å². The number of rotatable bonds is 3. The van der Waals surface area contributed by atoms with Crippen LogP contribution in [0.3, 0.4) is 0 Å². The zero-order chi connectivity index (χ0) is 9.84. The van der Waals surface area contributed by atoms with Crippen molar-refractivity contribution in [2.45, 2.75) is 18.9 Å². The molecule has 0 aromatic rings. The Bertz CT molecular complexity index is 182. The summed E-state index contributed by atoms with van der Waals surface area (Å²) in [4.78, 5) is 15.5.